The first kappa shape index (κ1) is 25.9. The molecule has 0 spiro atoms. The summed E-state index contributed by atoms with van der Waals surface area (Å²) in [5.74, 6) is -0.734. The molecular weight excluding hydrogens is 464 g/mol. The number of carbonyl (C=O) groups excluding carboxylic acids is 2. The van der Waals surface area contributed by atoms with Crippen molar-refractivity contribution in [3.63, 3.8) is 0 Å². The highest BCUT2D eigenvalue weighted by Gasteiger charge is 2.20. The molecule has 3 aromatic rings. The number of hydrogen-bond acceptors (Lipinski definition) is 5. The Labute approximate surface area is 208 Å². The second kappa shape index (κ2) is 12.1. The number of aliphatic carboxylic acids is 1. The van der Waals surface area contributed by atoms with E-state index < -0.39 is 5.97 Å². The van der Waals surface area contributed by atoms with Crippen LogP contribution in [0.1, 0.15) is 47.3 Å². The summed E-state index contributed by atoms with van der Waals surface area (Å²) in [4.78, 5) is 41.0. The van der Waals surface area contributed by atoms with Crippen LogP contribution in [0.4, 0.5) is 16.2 Å². The van der Waals surface area contributed by atoms with Gasteiger partial charge in [-0.1, -0.05) is 44.2 Å². The lowest BCUT2D eigenvalue weighted by molar-refractivity contribution is -0.136. The average Bonchev–Trinajstić information content (AvgIpc) is 3.24. The third-order valence-electron chi connectivity index (χ3n) is 5.21. The van der Waals surface area contributed by atoms with Crippen molar-refractivity contribution >= 4 is 40.6 Å². The number of carboxylic acid groups (broad SMARTS) is 1. The summed E-state index contributed by atoms with van der Waals surface area (Å²) in [5, 5.41) is 18.4. The maximum Gasteiger partial charge on any atom is 0.323 e. The fourth-order valence-corrected chi connectivity index (χ4v) is 4.51. The van der Waals surface area contributed by atoms with Crippen LogP contribution in [0.2, 0.25) is 0 Å². The van der Waals surface area contributed by atoms with Crippen molar-refractivity contribution < 1.29 is 19.5 Å². The molecule has 1 heterocycles. The molecule has 0 aliphatic carbocycles. The van der Waals surface area contributed by atoms with E-state index in [1.807, 2.05) is 31.2 Å². The standard InChI is InChI=1S/C26H30N4O4S/c1-16(2)12-22(25-27-15-20(35-25)14-24(32)33)29-23(31)13-18-8-10-19(11-9-18)28-26(34)30-21-7-5-4-6-17(21)3/h4-11,15-16,22H,12-14H2,1-3H3,(H,29,31)(H,32,33)(H2,28,30,34)/t22-/m0/s1. The first-order valence-corrected chi connectivity index (χ1v) is 12.2. The van der Waals surface area contributed by atoms with Crippen molar-refractivity contribution in [2.45, 2.75) is 46.1 Å². The lowest BCUT2D eigenvalue weighted by Gasteiger charge is -2.18. The Morgan fingerprint density at radius 1 is 1.00 bits per heavy atom. The largest absolute Gasteiger partial charge is 0.481 e. The second-order valence-corrected chi connectivity index (χ2v) is 9.90. The van der Waals surface area contributed by atoms with E-state index in [9.17, 15) is 14.4 Å². The molecule has 184 valence electrons. The van der Waals surface area contributed by atoms with Gasteiger partial charge in [0.1, 0.15) is 5.01 Å². The SMILES string of the molecule is Cc1ccccc1NC(=O)Nc1ccc(CC(=O)N[C@@H](CC(C)C)c2ncc(CC(=O)O)s2)cc1. The van der Waals surface area contributed by atoms with E-state index in [4.69, 9.17) is 5.11 Å². The highest BCUT2D eigenvalue weighted by molar-refractivity contribution is 7.11. The molecule has 0 aliphatic heterocycles. The average molecular weight is 495 g/mol. The topological polar surface area (TPSA) is 120 Å². The number of anilines is 2. The van der Waals surface area contributed by atoms with Crippen LogP contribution in [0.25, 0.3) is 0 Å². The van der Waals surface area contributed by atoms with Crippen molar-refractivity contribution in [1.82, 2.24) is 10.3 Å². The normalized spacial score (nSPS) is 11.7. The first-order chi connectivity index (χ1) is 16.7. The molecule has 9 heteroatoms. The number of nitrogens with one attached hydrogen (secondary N) is 3. The smallest absolute Gasteiger partial charge is 0.323 e. The Morgan fingerprint density at radius 3 is 2.37 bits per heavy atom. The Hall–Kier alpha value is -3.72. The molecular formula is C26H30N4O4S. The fraction of sp³-hybridized carbons (Fsp3) is 0.308. The number of nitrogens with zero attached hydrogens (tertiary/aromatic N) is 1. The molecule has 0 aliphatic rings. The Morgan fingerprint density at radius 2 is 1.71 bits per heavy atom. The maximum atomic E-state index is 12.8. The van der Waals surface area contributed by atoms with Gasteiger partial charge in [-0.3, -0.25) is 9.59 Å². The Kier molecular flexibility index (Phi) is 8.97. The van der Waals surface area contributed by atoms with Crippen molar-refractivity contribution in [2.75, 3.05) is 10.6 Å². The molecule has 1 atom stereocenters. The van der Waals surface area contributed by atoms with Gasteiger partial charge in [-0.15, -0.1) is 11.3 Å². The summed E-state index contributed by atoms with van der Waals surface area (Å²) in [6, 6.07) is 14.0. The summed E-state index contributed by atoms with van der Waals surface area (Å²) >= 11 is 1.32. The van der Waals surface area contributed by atoms with Crippen molar-refractivity contribution in [3.8, 4) is 0 Å². The van der Waals surface area contributed by atoms with Crippen molar-refractivity contribution in [2.24, 2.45) is 5.92 Å². The van der Waals surface area contributed by atoms with E-state index in [0.717, 1.165) is 16.8 Å². The Balaban J connectivity index is 1.57. The minimum absolute atomic E-state index is 0.0800. The van der Waals surface area contributed by atoms with E-state index in [0.29, 0.717) is 27.9 Å². The zero-order valence-corrected chi connectivity index (χ0v) is 20.8. The molecule has 35 heavy (non-hydrogen) atoms. The molecule has 0 unspecified atom stereocenters. The molecule has 3 rings (SSSR count). The number of thiazole rings is 1. The molecule has 1 aromatic heterocycles. The quantitative estimate of drug-likeness (QED) is 0.310. The number of aryl methyl sites for hydroxylation is 1. The summed E-state index contributed by atoms with van der Waals surface area (Å²) in [5.41, 5.74) is 3.13. The van der Waals surface area contributed by atoms with Gasteiger partial charge in [0.05, 0.1) is 18.9 Å². The van der Waals surface area contributed by atoms with Crippen molar-refractivity contribution in [1.29, 1.82) is 0 Å². The zero-order valence-electron chi connectivity index (χ0n) is 20.0. The number of carbonyl (C=O) groups is 3. The predicted octanol–water partition coefficient (Wildman–Crippen LogP) is 5.17. The Bertz CT molecular complexity index is 1170. The molecule has 8 nitrogen and oxygen atoms in total. The number of rotatable bonds is 10. The number of carboxylic acids is 1. The van der Waals surface area contributed by atoms with Crippen LogP contribution in [0.3, 0.4) is 0 Å². The zero-order chi connectivity index (χ0) is 25.4. The number of benzene rings is 2. The van der Waals surface area contributed by atoms with Crippen LogP contribution in [-0.2, 0) is 22.4 Å². The van der Waals surface area contributed by atoms with Gasteiger partial charge in [-0.25, -0.2) is 9.78 Å². The van der Waals surface area contributed by atoms with Gasteiger partial charge in [0, 0.05) is 22.4 Å². The minimum atomic E-state index is -0.907. The van der Waals surface area contributed by atoms with E-state index in [2.05, 4.69) is 34.8 Å². The molecule has 4 N–H and O–H groups in total. The minimum Gasteiger partial charge on any atom is -0.481 e. The van der Waals surface area contributed by atoms with Crippen LogP contribution in [-0.4, -0.2) is 28.0 Å². The van der Waals surface area contributed by atoms with Gasteiger partial charge in [0.25, 0.3) is 0 Å². The van der Waals surface area contributed by atoms with Gasteiger partial charge in [-0.05, 0) is 48.6 Å². The van der Waals surface area contributed by atoms with Gasteiger partial charge in [0.2, 0.25) is 5.91 Å². The van der Waals surface area contributed by atoms with E-state index in [1.54, 1.807) is 30.5 Å². The molecule has 0 saturated heterocycles. The van der Waals surface area contributed by atoms with Gasteiger partial charge in [-0.2, -0.15) is 0 Å². The van der Waals surface area contributed by atoms with E-state index in [-0.39, 0.29) is 30.8 Å². The molecule has 0 fully saturated rings. The first-order valence-electron chi connectivity index (χ1n) is 11.4. The maximum absolute atomic E-state index is 12.8. The van der Waals surface area contributed by atoms with E-state index in [1.165, 1.54) is 11.3 Å². The number of urea groups is 1. The molecule has 0 saturated carbocycles. The third-order valence-corrected chi connectivity index (χ3v) is 6.32. The second-order valence-electron chi connectivity index (χ2n) is 8.75. The molecule has 0 bridgehead atoms. The summed E-state index contributed by atoms with van der Waals surface area (Å²) in [7, 11) is 0. The number of aromatic nitrogens is 1. The lowest BCUT2D eigenvalue weighted by Crippen LogP contribution is -2.30. The van der Waals surface area contributed by atoms with Crippen molar-refractivity contribution in [3.05, 3.63) is 75.7 Å². The molecule has 3 amide bonds. The summed E-state index contributed by atoms with van der Waals surface area (Å²) < 4.78 is 0. The number of para-hydroxylation sites is 1. The van der Waals surface area contributed by atoms with Gasteiger partial charge in [0.15, 0.2) is 0 Å². The summed E-state index contributed by atoms with van der Waals surface area (Å²) in [6.07, 6.45) is 2.36. The summed E-state index contributed by atoms with van der Waals surface area (Å²) in [6.45, 7) is 6.04. The van der Waals surface area contributed by atoms with Crippen LogP contribution in [0, 0.1) is 12.8 Å². The highest BCUT2D eigenvalue weighted by atomic mass is 32.1. The van der Waals surface area contributed by atoms with Crippen LogP contribution in [0.5, 0.6) is 0 Å². The van der Waals surface area contributed by atoms with Crippen LogP contribution in [0.15, 0.2) is 54.7 Å². The van der Waals surface area contributed by atoms with Crippen LogP contribution < -0.4 is 16.0 Å². The number of hydrogen-bond donors (Lipinski definition) is 4. The van der Waals surface area contributed by atoms with Crippen LogP contribution >= 0.6 is 11.3 Å². The van der Waals surface area contributed by atoms with E-state index >= 15 is 0 Å². The fourth-order valence-electron chi connectivity index (χ4n) is 3.54. The third kappa shape index (κ3) is 8.22. The highest BCUT2D eigenvalue weighted by Crippen LogP contribution is 2.26. The molecule has 2 aromatic carbocycles. The van der Waals surface area contributed by atoms with Gasteiger partial charge >= 0.3 is 12.0 Å². The number of amides is 3. The monoisotopic (exact) mass is 494 g/mol. The predicted molar refractivity (Wildman–Crippen MR) is 138 cm³/mol. The lowest BCUT2D eigenvalue weighted by atomic mass is 10.0. The molecule has 0 radical (unpaired) electrons. The van der Waals surface area contributed by atoms with Gasteiger partial charge < -0.3 is 21.1 Å².